The van der Waals surface area contributed by atoms with Crippen LogP contribution in [-0.2, 0) is 4.52 Å². The van der Waals surface area contributed by atoms with Crippen LogP contribution in [0.5, 0.6) is 11.5 Å². The van der Waals surface area contributed by atoms with Gasteiger partial charge in [0.2, 0.25) is 5.52 Å². The lowest BCUT2D eigenvalue weighted by Gasteiger charge is -2.19. The highest BCUT2D eigenvalue weighted by atomic mass is 35.5. The van der Waals surface area contributed by atoms with Gasteiger partial charge in [0.05, 0.1) is 30.9 Å². The van der Waals surface area contributed by atoms with Crippen molar-refractivity contribution in [2.24, 2.45) is 0 Å². The van der Waals surface area contributed by atoms with Crippen LogP contribution >= 0.6 is 19.7 Å². The Morgan fingerprint density at radius 2 is 1.84 bits per heavy atom. The molecule has 2 aromatic rings. The molecule has 134 valence electrons. The van der Waals surface area contributed by atoms with Crippen molar-refractivity contribution in [3.8, 4) is 11.5 Å². The maximum atomic E-state index is 13.2. The number of ether oxygens (including phenoxy) is 2. The number of methoxy groups -OCH3 is 1. The van der Waals surface area contributed by atoms with E-state index < -0.39 is 8.15 Å². The fourth-order valence-electron chi connectivity index (χ4n) is 2.26. The van der Waals surface area contributed by atoms with Gasteiger partial charge in [0.1, 0.15) is 19.6 Å². The Morgan fingerprint density at radius 1 is 1.12 bits per heavy atom. The number of hydrogen-bond acceptors (Lipinski definition) is 4. The molecule has 0 aliphatic carbocycles. The third-order valence-corrected chi connectivity index (χ3v) is 5.52. The third kappa shape index (κ3) is 4.94. The van der Waals surface area contributed by atoms with Crippen LogP contribution in [0.1, 0.15) is 30.6 Å². The second-order valence-corrected chi connectivity index (χ2v) is 7.35. The number of hydrogen-bond donors (Lipinski definition) is 0. The van der Waals surface area contributed by atoms with Crippen LogP contribution < -0.4 is 14.8 Å². The highest BCUT2D eigenvalue weighted by molar-refractivity contribution is 7.78. The summed E-state index contributed by atoms with van der Waals surface area (Å²) >= 11 is 6.27. The molecule has 25 heavy (non-hydrogen) atoms. The standard InChI is InChI=1S/C19H22ClO4P/c1-4-13-24-25(15-11-9-14(10-12-15)23-5-2)19(21)18-16(20)7-6-8-17(18)22-3/h6-12H,4-5,13H2,1-3H3. The number of carbonyl (C=O) groups excluding carboxylic acids is 1. The number of rotatable bonds is 9. The molecule has 0 N–H and O–H groups in total. The summed E-state index contributed by atoms with van der Waals surface area (Å²) in [6, 6.07) is 12.6. The van der Waals surface area contributed by atoms with Gasteiger partial charge in [-0.05, 0) is 49.7 Å². The highest BCUT2D eigenvalue weighted by Gasteiger charge is 2.28. The molecular weight excluding hydrogens is 359 g/mol. The summed E-state index contributed by atoms with van der Waals surface area (Å²) in [6.45, 7) is 5.03. The summed E-state index contributed by atoms with van der Waals surface area (Å²) in [7, 11) is 0.00449. The molecule has 0 spiro atoms. The fourth-order valence-corrected chi connectivity index (χ4v) is 4.30. The zero-order valence-electron chi connectivity index (χ0n) is 14.6. The SMILES string of the molecule is CCCOP(C(=O)c1c(Cl)cccc1OC)c1ccc(OCC)cc1. The number of benzene rings is 2. The second kappa shape index (κ2) is 9.76. The summed E-state index contributed by atoms with van der Waals surface area (Å²) < 4.78 is 16.7. The predicted molar refractivity (Wildman–Crippen MR) is 103 cm³/mol. The highest BCUT2D eigenvalue weighted by Crippen LogP contribution is 2.44. The van der Waals surface area contributed by atoms with Crippen LogP contribution in [0.3, 0.4) is 0 Å². The molecule has 0 saturated carbocycles. The van der Waals surface area contributed by atoms with Gasteiger partial charge in [-0.3, -0.25) is 4.79 Å². The van der Waals surface area contributed by atoms with Gasteiger partial charge in [-0.1, -0.05) is 24.6 Å². The maximum Gasteiger partial charge on any atom is 0.221 e. The smallest absolute Gasteiger partial charge is 0.221 e. The second-order valence-electron chi connectivity index (χ2n) is 5.18. The average molecular weight is 381 g/mol. The first-order valence-corrected chi connectivity index (χ1v) is 9.78. The van der Waals surface area contributed by atoms with E-state index in [9.17, 15) is 4.79 Å². The van der Waals surface area contributed by atoms with Crippen molar-refractivity contribution in [1.82, 2.24) is 0 Å². The minimum atomic E-state index is -1.52. The monoisotopic (exact) mass is 380 g/mol. The molecule has 0 heterocycles. The Labute approximate surface area is 154 Å². The average Bonchev–Trinajstić information content (AvgIpc) is 2.63. The van der Waals surface area contributed by atoms with Crippen molar-refractivity contribution in [1.29, 1.82) is 0 Å². The topological polar surface area (TPSA) is 44.8 Å². The molecule has 0 aliphatic heterocycles. The van der Waals surface area contributed by atoms with Gasteiger partial charge in [0.15, 0.2) is 0 Å². The summed E-state index contributed by atoms with van der Waals surface area (Å²) in [4.78, 5) is 13.2. The minimum absolute atomic E-state index is 0.157. The van der Waals surface area contributed by atoms with E-state index in [-0.39, 0.29) is 5.52 Å². The van der Waals surface area contributed by atoms with Crippen LogP contribution in [0.2, 0.25) is 5.02 Å². The molecule has 0 saturated heterocycles. The zero-order chi connectivity index (χ0) is 18.2. The van der Waals surface area contributed by atoms with Gasteiger partial charge in [0.25, 0.3) is 0 Å². The van der Waals surface area contributed by atoms with Crippen molar-refractivity contribution in [3.05, 3.63) is 53.1 Å². The van der Waals surface area contributed by atoms with Crippen LogP contribution in [0.25, 0.3) is 0 Å². The van der Waals surface area contributed by atoms with E-state index in [0.29, 0.717) is 29.5 Å². The molecule has 6 heteroatoms. The first-order chi connectivity index (χ1) is 12.1. The van der Waals surface area contributed by atoms with E-state index in [2.05, 4.69) is 0 Å². The van der Waals surface area contributed by atoms with Crippen LogP contribution in [-0.4, -0.2) is 25.8 Å². The lowest BCUT2D eigenvalue weighted by Crippen LogP contribution is -2.13. The molecule has 2 rings (SSSR count). The molecule has 2 aromatic carbocycles. The van der Waals surface area contributed by atoms with Gasteiger partial charge in [-0.2, -0.15) is 0 Å². The van der Waals surface area contributed by atoms with E-state index in [1.54, 1.807) is 18.2 Å². The number of carbonyl (C=O) groups is 1. The molecule has 0 bridgehead atoms. The lowest BCUT2D eigenvalue weighted by molar-refractivity contribution is 0.106. The Hall–Kier alpha value is -1.61. The summed E-state index contributed by atoms with van der Waals surface area (Å²) in [5.74, 6) is 1.22. The molecule has 0 amide bonds. The van der Waals surface area contributed by atoms with Gasteiger partial charge < -0.3 is 14.0 Å². The van der Waals surface area contributed by atoms with E-state index in [1.807, 2.05) is 38.1 Å². The Bertz CT molecular complexity index is 703. The molecule has 4 nitrogen and oxygen atoms in total. The van der Waals surface area contributed by atoms with Crippen LogP contribution in [0.15, 0.2) is 42.5 Å². The normalized spacial score (nSPS) is 11.8. The quantitative estimate of drug-likeness (QED) is 0.572. The van der Waals surface area contributed by atoms with E-state index in [0.717, 1.165) is 17.5 Å². The number of halogens is 1. The minimum Gasteiger partial charge on any atom is -0.496 e. The van der Waals surface area contributed by atoms with Gasteiger partial charge in [0, 0.05) is 5.30 Å². The Balaban J connectivity index is 2.38. The molecule has 0 radical (unpaired) electrons. The summed E-state index contributed by atoms with van der Waals surface area (Å²) in [5, 5.41) is 1.18. The van der Waals surface area contributed by atoms with Crippen molar-refractivity contribution < 1.29 is 18.8 Å². The molecule has 0 aromatic heterocycles. The molecular formula is C19H22ClO4P. The first-order valence-electron chi connectivity index (χ1n) is 8.15. The van der Waals surface area contributed by atoms with Crippen LogP contribution in [0, 0.1) is 0 Å². The predicted octanol–water partition coefficient (Wildman–Crippen LogP) is 5.04. The van der Waals surface area contributed by atoms with E-state index in [4.69, 9.17) is 25.6 Å². The third-order valence-electron chi connectivity index (χ3n) is 3.40. The fraction of sp³-hybridized carbons (Fsp3) is 0.316. The lowest BCUT2D eigenvalue weighted by atomic mass is 10.2. The van der Waals surface area contributed by atoms with Crippen molar-refractivity contribution >= 4 is 30.6 Å². The summed E-state index contributed by atoms with van der Waals surface area (Å²) in [6.07, 6.45) is 0.822. The van der Waals surface area contributed by atoms with Gasteiger partial charge >= 0.3 is 0 Å². The van der Waals surface area contributed by atoms with Crippen LogP contribution in [0.4, 0.5) is 0 Å². The molecule has 1 atom stereocenters. The van der Waals surface area contributed by atoms with E-state index in [1.165, 1.54) is 7.11 Å². The Morgan fingerprint density at radius 3 is 2.44 bits per heavy atom. The van der Waals surface area contributed by atoms with Crippen molar-refractivity contribution in [2.75, 3.05) is 20.3 Å². The molecule has 0 aliphatic rings. The Kier molecular flexibility index (Phi) is 7.70. The van der Waals surface area contributed by atoms with Crippen molar-refractivity contribution in [3.63, 3.8) is 0 Å². The summed E-state index contributed by atoms with van der Waals surface area (Å²) in [5.41, 5.74) is 0.206. The molecule has 1 unspecified atom stereocenters. The largest absolute Gasteiger partial charge is 0.496 e. The van der Waals surface area contributed by atoms with Gasteiger partial charge in [-0.25, -0.2) is 0 Å². The van der Waals surface area contributed by atoms with Crippen molar-refractivity contribution in [2.45, 2.75) is 20.3 Å². The van der Waals surface area contributed by atoms with E-state index >= 15 is 0 Å². The molecule has 0 fully saturated rings. The van der Waals surface area contributed by atoms with Gasteiger partial charge in [-0.15, -0.1) is 0 Å². The zero-order valence-corrected chi connectivity index (χ0v) is 16.3. The maximum absolute atomic E-state index is 13.2. The first kappa shape index (κ1) is 19.7.